The molecule has 10 heteroatoms. The third kappa shape index (κ3) is 5.05. The van der Waals surface area contributed by atoms with Crippen molar-refractivity contribution in [3.8, 4) is 17.2 Å². The molecule has 0 unspecified atom stereocenters. The average molecular weight is 503 g/mol. The van der Waals surface area contributed by atoms with E-state index >= 15 is 0 Å². The molecule has 8 nitrogen and oxygen atoms in total. The lowest BCUT2D eigenvalue weighted by Crippen LogP contribution is -2.38. The highest BCUT2D eigenvalue weighted by Crippen LogP contribution is 2.34. The summed E-state index contributed by atoms with van der Waals surface area (Å²) in [6.07, 6.45) is 0. The van der Waals surface area contributed by atoms with Gasteiger partial charge in [-0.05, 0) is 49.4 Å². The molecule has 0 saturated carbocycles. The quantitative estimate of drug-likeness (QED) is 0.518. The predicted octanol–water partition coefficient (Wildman–Crippen LogP) is 4.26. The summed E-state index contributed by atoms with van der Waals surface area (Å²) in [7, 11) is -2.62. The molecule has 0 bridgehead atoms. The summed E-state index contributed by atoms with van der Waals surface area (Å²) in [5, 5.41) is 2.94. The Morgan fingerprint density at radius 3 is 2.41 bits per heavy atom. The van der Waals surface area contributed by atoms with Gasteiger partial charge in [0.05, 0.1) is 22.7 Å². The molecule has 0 radical (unpaired) electrons. The monoisotopic (exact) mass is 502 g/mol. The number of aryl methyl sites for hydroxylation is 1. The Balaban J connectivity index is 1.64. The van der Waals surface area contributed by atoms with Crippen LogP contribution in [0.5, 0.6) is 17.2 Å². The Hall–Kier alpha value is -3.43. The second-order valence-corrected chi connectivity index (χ2v) is 9.82. The first-order valence-corrected chi connectivity index (χ1v) is 12.2. The van der Waals surface area contributed by atoms with Crippen LogP contribution >= 0.6 is 11.6 Å². The lowest BCUT2D eigenvalue weighted by Gasteiger charge is -2.25. The third-order valence-corrected chi connectivity index (χ3v) is 7.23. The van der Waals surface area contributed by atoms with E-state index in [0.29, 0.717) is 36.1 Å². The van der Waals surface area contributed by atoms with Gasteiger partial charge in [0.1, 0.15) is 25.5 Å². The molecule has 0 saturated heterocycles. The van der Waals surface area contributed by atoms with Gasteiger partial charge in [-0.15, -0.1) is 0 Å². The number of hydrogen-bond acceptors (Lipinski definition) is 6. The van der Waals surface area contributed by atoms with E-state index < -0.39 is 22.5 Å². The Bertz CT molecular complexity index is 1310. The van der Waals surface area contributed by atoms with E-state index in [1.807, 2.05) is 6.92 Å². The molecule has 1 N–H and O–H groups in total. The number of anilines is 2. The molecule has 0 fully saturated rings. The fourth-order valence-corrected chi connectivity index (χ4v) is 5.08. The van der Waals surface area contributed by atoms with Crippen molar-refractivity contribution in [2.24, 2.45) is 0 Å². The van der Waals surface area contributed by atoms with Gasteiger partial charge in [0, 0.05) is 11.8 Å². The number of amides is 1. The van der Waals surface area contributed by atoms with Gasteiger partial charge in [-0.25, -0.2) is 8.42 Å². The van der Waals surface area contributed by atoms with E-state index in [9.17, 15) is 13.2 Å². The first-order chi connectivity index (χ1) is 16.3. The van der Waals surface area contributed by atoms with Crippen LogP contribution in [-0.4, -0.2) is 41.2 Å². The van der Waals surface area contributed by atoms with Gasteiger partial charge in [-0.3, -0.25) is 9.10 Å². The van der Waals surface area contributed by atoms with Gasteiger partial charge in [-0.2, -0.15) is 0 Å². The molecular formula is C24H23ClN2O6S. The molecular weight excluding hydrogens is 480 g/mol. The molecule has 1 aliphatic rings. The molecule has 34 heavy (non-hydrogen) atoms. The number of hydrogen-bond donors (Lipinski definition) is 1. The zero-order valence-electron chi connectivity index (χ0n) is 18.6. The Morgan fingerprint density at radius 1 is 1.03 bits per heavy atom. The normalized spacial score (nSPS) is 12.7. The number of fused-ring (bicyclic) bond motifs is 1. The molecule has 0 atom stereocenters. The van der Waals surface area contributed by atoms with Crippen molar-refractivity contribution < 1.29 is 27.4 Å². The number of sulfonamides is 1. The van der Waals surface area contributed by atoms with E-state index in [1.54, 1.807) is 36.4 Å². The van der Waals surface area contributed by atoms with Crippen LogP contribution in [0.2, 0.25) is 5.02 Å². The highest BCUT2D eigenvalue weighted by Gasteiger charge is 2.28. The number of carbonyl (C=O) groups excluding carboxylic acids is 1. The first kappa shape index (κ1) is 23.7. The largest absolute Gasteiger partial charge is 0.495 e. The minimum atomic E-state index is -4.08. The summed E-state index contributed by atoms with van der Waals surface area (Å²) in [5.74, 6) is 0.939. The smallest absolute Gasteiger partial charge is 0.264 e. The second kappa shape index (κ2) is 9.82. The molecule has 0 aliphatic carbocycles. The molecule has 1 amide bonds. The summed E-state index contributed by atoms with van der Waals surface area (Å²) in [6, 6.07) is 15.9. The molecule has 3 aromatic carbocycles. The van der Waals surface area contributed by atoms with Crippen molar-refractivity contribution >= 4 is 38.9 Å². The number of nitrogens with one attached hydrogen (secondary N) is 1. The maximum atomic E-state index is 13.5. The summed E-state index contributed by atoms with van der Waals surface area (Å²) >= 11 is 6.25. The van der Waals surface area contributed by atoms with Crippen molar-refractivity contribution in [3.63, 3.8) is 0 Å². The van der Waals surface area contributed by atoms with Gasteiger partial charge < -0.3 is 19.5 Å². The van der Waals surface area contributed by atoms with Gasteiger partial charge in [-0.1, -0.05) is 29.3 Å². The van der Waals surface area contributed by atoms with E-state index in [-0.39, 0.29) is 15.6 Å². The van der Waals surface area contributed by atoms with Crippen molar-refractivity contribution in [3.05, 3.63) is 71.2 Å². The highest BCUT2D eigenvalue weighted by molar-refractivity contribution is 7.92. The molecule has 3 aromatic rings. The molecule has 1 aliphatic heterocycles. The number of nitrogens with zero attached hydrogens (tertiary/aromatic N) is 1. The topological polar surface area (TPSA) is 94.2 Å². The van der Waals surface area contributed by atoms with Crippen LogP contribution in [-0.2, 0) is 14.8 Å². The van der Waals surface area contributed by atoms with Crippen LogP contribution in [0.25, 0.3) is 0 Å². The fraction of sp³-hybridized carbons (Fsp3) is 0.208. The number of benzene rings is 3. The summed E-state index contributed by atoms with van der Waals surface area (Å²) in [6.45, 7) is 2.24. The summed E-state index contributed by atoms with van der Waals surface area (Å²) < 4.78 is 44.3. The van der Waals surface area contributed by atoms with E-state index in [4.69, 9.17) is 25.8 Å². The van der Waals surface area contributed by atoms with E-state index in [2.05, 4.69) is 5.32 Å². The van der Waals surface area contributed by atoms with Crippen molar-refractivity contribution in [2.45, 2.75) is 11.8 Å². The molecule has 4 rings (SSSR count). The zero-order valence-corrected chi connectivity index (χ0v) is 20.2. The molecule has 0 aromatic heterocycles. The molecule has 1 heterocycles. The van der Waals surface area contributed by atoms with Crippen LogP contribution in [0.3, 0.4) is 0 Å². The van der Waals surface area contributed by atoms with Crippen LogP contribution in [0.1, 0.15) is 5.56 Å². The highest BCUT2D eigenvalue weighted by atomic mass is 35.5. The maximum Gasteiger partial charge on any atom is 0.264 e. The third-order valence-electron chi connectivity index (χ3n) is 5.15. The van der Waals surface area contributed by atoms with Crippen LogP contribution < -0.4 is 23.8 Å². The zero-order chi connectivity index (χ0) is 24.3. The predicted molar refractivity (Wildman–Crippen MR) is 130 cm³/mol. The van der Waals surface area contributed by atoms with Crippen LogP contribution in [0, 0.1) is 6.92 Å². The average Bonchev–Trinajstić information content (AvgIpc) is 2.82. The number of rotatable bonds is 7. The van der Waals surface area contributed by atoms with Crippen LogP contribution in [0.15, 0.2) is 65.6 Å². The minimum Gasteiger partial charge on any atom is -0.495 e. The molecule has 0 spiro atoms. The van der Waals surface area contributed by atoms with Gasteiger partial charge >= 0.3 is 0 Å². The lowest BCUT2D eigenvalue weighted by atomic mass is 10.2. The summed E-state index contributed by atoms with van der Waals surface area (Å²) in [5.41, 5.74) is 1.59. The number of carbonyl (C=O) groups is 1. The van der Waals surface area contributed by atoms with Crippen LogP contribution in [0.4, 0.5) is 11.4 Å². The number of methoxy groups -OCH3 is 1. The van der Waals surface area contributed by atoms with Gasteiger partial charge in [0.15, 0.2) is 11.5 Å². The molecule has 178 valence electrons. The lowest BCUT2D eigenvalue weighted by molar-refractivity contribution is -0.114. The Labute approximate surface area is 203 Å². The Kier molecular flexibility index (Phi) is 6.85. The first-order valence-electron chi connectivity index (χ1n) is 10.4. The van der Waals surface area contributed by atoms with Gasteiger partial charge in [0.25, 0.3) is 10.0 Å². The van der Waals surface area contributed by atoms with Crippen molar-refractivity contribution in [1.82, 2.24) is 0 Å². The van der Waals surface area contributed by atoms with Gasteiger partial charge in [0.2, 0.25) is 5.91 Å². The van der Waals surface area contributed by atoms with Crippen molar-refractivity contribution in [2.75, 3.05) is 36.5 Å². The summed E-state index contributed by atoms with van der Waals surface area (Å²) in [4.78, 5) is 13.0. The Morgan fingerprint density at radius 2 is 1.74 bits per heavy atom. The van der Waals surface area contributed by atoms with E-state index in [1.165, 1.54) is 31.4 Å². The fourth-order valence-electron chi connectivity index (χ4n) is 3.42. The number of ether oxygens (including phenoxy) is 3. The maximum absolute atomic E-state index is 13.5. The SMILES string of the molecule is COc1ccc(N(CC(=O)Nc2ccc3c(c2)OCCO3)S(=O)(=O)c2ccc(C)cc2)cc1Cl. The van der Waals surface area contributed by atoms with E-state index in [0.717, 1.165) is 9.87 Å². The standard InChI is InChI=1S/C24H23ClN2O6S/c1-16-3-7-19(8-4-16)34(29,30)27(18-6-10-21(31-2)20(25)14-18)15-24(28)26-17-5-9-22-23(13-17)33-12-11-32-22/h3-10,13-14H,11-12,15H2,1-2H3,(H,26,28). The second-order valence-electron chi connectivity index (χ2n) is 7.55. The minimum absolute atomic E-state index is 0.0529. The van der Waals surface area contributed by atoms with Crippen molar-refractivity contribution in [1.29, 1.82) is 0 Å². The number of halogens is 1.